The van der Waals surface area contributed by atoms with E-state index in [0.717, 1.165) is 40.5 Å². The summed E-state index contributed by atoms with van der Waals surface area (Å²) in [5.74, 6) is 1.23. The molecular weight excluding hydrogens is 304 g/mol. The lowest BCUT2D eigenvalue weighted by Gasteiger charge is -2.14. The molecule has 0 atom stereocenters. The van der Waals surface area contributed by atoms with Crippen molar-refractivity contribution in [2.75, 3.05) is 13.9 Å². The summed E-state index contributed by atoms with van der Waals surface area (Å²) >= 11 is 0. The van der Waals surface area contributed by atoms with Crippen molar-refractivity contribution in [2.45, 2.75) is 26.7 Å². The predicted octanol–water partition coefficient (Wildman–Crippen LogP) is 4.70. The molecule has 0 aliphatic rings. The number of hydrogen-bond acceptors (Lipinski definition) is 4. The van der Waals surface area contributed by atoms with Crippen molar-refractivity contribution in [1.29, 1.82) is 0 Å². The summed E-state index contributed by atoms with van der Waals surface area (Å²) in [5.41, 5.74) is 5.13. The third kappa shape index (κ3) is 2.74. The molecule has 0 spiro atoms. The Balaban J connectivity index is 2.28. The van der Waals surface area contributed by atoms with Crippen molar-refractivity contribution in [3.8, 4) is 22.8 Å². The molecule has 3 rings (SSSR count). The van der Waals surface area contributed by atoms with Crippen LogP contribution in [-0.4, -0.2) is 19.0 Å². The van der Waals surface area contributed by atoms with Gasteiger partial charge in [-0.3, -0.25) is 0 Å². The first-order valence-corrected chi connectivity index (χ1v) is 8.13. The molecular formula is C20H22O4. The van der Waals surface area contributed by atoms with Gasteiger partial charge in [-0.25, -0.2) is 0 Å². The van der Waals surface area contributed by atoms with Crippen LogP contribution in [0.25, 0.3) is 22.1 Å². The Morgan fingerprint density at radius 2 is 1.88 bits per heavy atom. The number of furan rings is 1. The molecule has 24 heavy (non-hydrogen) atoms. The SMILES string of the molecule is CCCc1c(-c2ccccc2OCO)ccc2oc(OC)c(C)c12. The third-order valence-electron chi connectivity index (χ3n) is 4.24. The van der Waals surface area contributed by atoms with Gasteiger partial charge in [0.15, 0.2) is 6.79 Å². The molecule has 0 radical (unpaired) electrons. The fourth-order valence-corrected chi connectivity index (χ4v) is 3.24. The van der Waals surface area contributed by atoms with Crippen LogP contribution in [0.1, 0.15) is 24.5 Å². The molecule has 4 nitrogen and oxygen atoms in total. The number of para-hydroxylation sites is 1. The van der Waals surface area contributed by atoms with Gasteiger partial charge in [-0.1, -0.05) is 37.6 Å². The molecule has 1 N–H and O–H groups in total. The quantitative estimate of drug-likeness (QED) is 0.667. The standard InChI is InChI=1S/C20H22O4/c1-4-7-16-14(15-8-5-6-9-17(15)23-12-21)10-11-18-19(16)13(2)20(22-3)24-18/h5-6,8-11,21H,4,7,12H2,1-3H3. The molecule has 1 aromatic heterocycles. The highest BCUT2D eigenvalue weighted by Gasteiger charge is 2.19. The predicted molar refractivity (Wildman–Crippen MR) is 94.6 cm³/mol. The molecule has 2 aromatic carbocycles. The second-order valence-electron chi connectivity index (χ2n) is 5.70. The van der Waals surface area contributed by atoms with E-state index in [9.17, 15) is 0 Å². The summed E-state index contributed by atoms with van der Waals surface area (Å²) in [6.45, 7) is 3.83. The van der Waals surface area contributed by atoms with Crippen LogP contribution in [0.2, 0.25) is 0 Å². The van der Waals surface area contributed by atoms with Crippen molar-refractivity contribution in [2.24, 2.45) is 0 Å². The van der Waals surface area contributed by atoms with Gasteiger partial charge < -0.3 is 19.0 Å². The van der Waals surface area contributed by atoms with E-state index in [0.29, 0.717) is 11.7 Å². The van der Waals surface area contributed by atoms with Crippen molar-refractivity contribution < 1.29 is 19.0 Å². The highest BCUT2D eigenvalue weighted by Crippen LogP contribution is 2.41. The fraction of sp³-hybridized carbons (Fsp3) is 0.300. The Morgan fingerprint density at radius 3 is 2.58 bits per heavy atom. The lowest BCUT2D eigenvalue weighted by Crippen LogP contribution is -1.98. The Morgan fingerprint density at radius 1 is 1.08 bits per heavy atom. The summed E-state index contributed by atoms with van der Waals surface area (Å²) in [6.07, 6.45) is 1.94. The first kappa shape index (κ1) is 16.4. The first-order valence-electron chi connectivity index (χ1n) is 8.13. The van der Waals surface area contributed by atoms with Gasteiger partial charge in [0.05, 0.1) is 7.11 Å². The van der Waals surface area contributed by atoms with Crippen LogP contribution >= 0.6 is 0 Å². The number of rotatable bonds is 6. The van der Waals surface area contributed by atoms with Gasteiger partial charge in [-0.05, 0) is 36.6 Å². The van der Waals surface area contributed by atoms with Crippen LogP contribution in [0.15, 0.2) is 40.8 Å². The van der Waals surface area contributed by atoms with Crippen molar-refractivity contribution >= 4 is 11.0 Å². The monoisotopic (exact) mass is 326 g/mol. The number of aliphatic hydroxyl groups is 1. The normalized spacial score (nSPS) is 11.0. The molecule has 3 aromatic rings. The molecule has 126 valence electrons. The van der Waals surface area contributed by atoms with Crippen molar-refractivity contribution in [3.63, 3.8) is 0 Å². The zero-order valence-corrected chi connectivity index (χ0v) is 14.3. The minimum Gasteiger partial charge on any atom is -0.468 e. The summed E-state index contributed by atoms with van der Waals surface area (Å²) in [5, 5.41) is 10.3. The highest BCUT2D eigenvalue weighted by atomic mass is 16.6. The van der Waals surface area contributed by atoms with Crippen LogP contribution in [0, 0.1) is 6.92 Å². The Kier molecular flexibility index (Phi) is 4.76. The maximum absolute atomic E-state index is 9.16. The maximum Gasteiger partial charge on any atom is 0.288 e. The van der Waals surface area contributed by atoms with Gasteiger partial charge >= 0.3 is 0 Å². The summed E-state index contributed by atoms with van der Waals surface area (Å²) in [4.78, 5) is 0. The van der Waals surface area contributed by atoms with Crippen molar-refractivity contribution in [3.05, 3.63) is 47.5 Å². The lowest BCUT2D eigenvalue weighted by molar-refractivity contribution is 0.0991. The molecule has 0 saturated carbocycles. The first-order chi connectivity index (χ1) is 11.7. The van der Waals surface area contributed by atoms with E-state index in [1.54, 1.807) is 7.11 Å². The fourth-order valence-electron chi connectivity index (χ4n) is 3.24. The average molecular weight is 326 g/mol. The third-order valence-corrected chi connectivity index (χ3v) is 4.24. The second kappa shape index (κ2) is 6.97. The topological polar surface area (TPSA) is 51.8 Å². The van der Waals surface area contributed by atoms with Crippen LogP contribution in [0.3, 0.4) is 0 Å². The van der Waals surface area contributed by atoms with Crippen LogP contribution in [0.4, 0.5) is 0 Å². The number of benzene rings is 2. The van der Waals surface area contributed by atoms with E-state index < -0.39 is 0 Å². The lowest BCUT2D eigenvalue weighted by atomic mass is 9.92. The molecule has 0 bridgehead atoms. The van der Waals surface area contributed by atoms with E-state index in [1.165, 1.54) is 5.56 Å². The second-order valence-corrected chi connectivity index (χ2v) is 5.70. The number of methoxy groups -OCH3 is 1. The van der Waals surface area contributed by atoms with Crippen LogP contribution in [-0.2, 0) is 6.42 Å². The van der Waals surface area contributed by atoms with Crippen molar-refractivity contribution in [1.82, 2.24) is 0 Å². The zero-order chi connectivity index (χ0) is 17.1. The number of fused-ring (bicyclic) bond motifs is 1. The smallest absolute Gasteiger partial charge is 0.288 e. The maximum atomic E-state index is 9.16. The molecule has 0 unspecified atom stereocenters. The summed E-state index contributed by atoms with van der Waals surface area (Å²) in [6, 6.07) is 11.8. The molecule has 0 saturated heterocycles. The Labute approximate surface area is 141 Å². The molecule has 1 heterocycles. The molecule has 0 aliphatic heterocycles. The summed E-state index contributed by atoms with van der Waals surface area (Å²) < 4.78 is 16.6. The largest absolute Gasteiger partial charge is 0.468 e. The van der Waals surface area contributed by atoms with E-state index in [4.69, 9.17) is 19.0 Å². The molecule has 0 amide bonds. The number of ether oxygens (including phenoxy) is 2. The highest BCUT2D eigenvalue weighted by molar-refractivity contribution is 5.93. The molecule has 0 aliphatic carbocycles. The van der Waals surface area contributed by atoms with Gasteiger partial charge in [0, 0.05) is 16.5 Å². The Bertz CT molecular complexity index is 848. The van der Waals surface area contributed by atoms with E-state index in [1.807, 2.05) is 37.3 Å². The van der Waals surface area contributed by atoms with E-state index in [2.05, 4.69) is 13.0 Å². The zero-order valence-electron chi connectivity index (χ0n) is 14.3. The van der Waals surface area contributed by atoms with E-state index >= 15 is 0 Å². The van der Waals surface area contributed by atoms with E-state index in [-0.39, 0.29) is 6.79 Å². The van der Waals surface area contributed by atoms with Crippen LogP contribution < -0.4 is 9.47 Å². The number of aliphatic hydroxyl groups excluding tert-OH is 1. The summed E-state index contributed by atoms with van der Waals surface area (Å²) in [7, 11) is 1.62. The average Bonchev–Trinajstić information content (AvgIpc) is 2.93. The van der Waals surface area contributed by atoms with Gasteiger partial charge in [0.1, 0.15) is 11.3 Å². The molecule has 0 fully saturated rings. The van der Waals surface area contributed by atoms with Crippen LogP contribution in [0.5, 0.6) is 11.7 Å². The minimum atomic E-state index is -0.346. The van der Waals surface area contributed by atoms with Gasteiger partial charge in [0.25, 0.3) is 5.95 Å². The Hall–Kier alpha value is -2.46. The van der Waals surface area contributed by atoms with Gasteiger partial charge in [-0.15, -0.1) is 0 Å². The molecule has 4 heteroatoms. The number of hydrogen-bond donors (Lipinski definition) is 1. The van der Waals surface area contributed by atoms with Gasteiger partial charge in [-0.2, -0.15) is 0 Å². The number of aryl methyl sites for hydroxylation is 2. The minimum absolute atomic E-state index is 0.346. The van der Waals surface area contributed by atoms with Gasteiger partial charge in [0.2, 0.25) is 0 Å².